The summed E-state index contributed by atoms with van der Waals surface area (Å²) in [7, 11) is 0. The number of hydrogen-bond acceptors (Lipinski definition) is 3. The molecule has 0 aliphatic heterocycles. The summed E-state index contributed by atoms with van der Waals surface area (Å²) >= 11 is 10.8. The summed E-state index contributed by atoms with van der Waals surface area (Å²) in [6, 6.07) is 0. The van der Waals surface area contributed by atoms with Gasteiger partial charge < -0.3 is 0 Å². The average Bonchev–Trinajstić information content (AvgIpc) is 1.86. The molecule has 0 nitrogen and oxygen atoms in total. The molecule has 3 heteroatoms. The van der Waals surface area contributed by atoms with Gasteiger partial charge in [-0.3, -0.25) is 0 Å². The third kappa shape index (κ3) is 5.33. The lowest BCUT2D eigenvalue weighted by atomic mass is 10.3. The zero-order valence-corrected chi connectivity index (χ0v) is 8.78. The minimum atomic E-state index is 0.836. The molecule has 0 rings (SSSR count). The van der Waals surface area contributed by atoms with Gasteiger partial charge in [-0.25, -0.2) is 0 Å². The Morgan fingerprint density at radius 1 is 1.70 bits per heavy atom. The summed E-state index contributed by atoms with van der Waals surface area (Å²) in [6.45, 7) is 4.06. The van der Waals surface area contributed by atoms with Crippen LogP contribution in [0, 0.1) is 0 Å². The molecule has 0 saturated heterocycles. The SMILES string of the molecule is CC/C(=C/C(C)=S)SCS. The first-order valence-corrected chi connectivity index (χ1v) is 5.18. The van der Waals surface area contributed by atoms with E-state index in [0.29, 0.717) is 0 Å². The maximum Gasteiger partial charge on any atom is 0.0406 e. The highest BCUT2D eigenvalue weighted by Crippen LogP contribution is 2.19. The van der Waals surface area contributed by atoms with Crippen LogP contribution in [0.4, 0.5) is 0 Å². The van der Waals surface area contributed by atoms with Gasteiger partial charge in [0.15, 0.2) is 0 Å². The van der Waals surface area contributed by atoms with Gasteiger partial charge in [-0.2, -0.15) is 12.6 Å². The van der Waals surface area contributed by atoms with Crippen LogP contribution in [-0.2, 0) is 0 Å². The largest absolute Gasteiger partial charge is 0.168 e. The van der Waals surface area contributed by atoms with Gasteiger partial charge in [-0.15, -0.1) is 11.8 Å². The maximum absolute atomic E-state index is 4.94. The summed E-state index contributed by atoms with van der Waals surface area (Å²) in [5.74, 6) is 0. The van der Waals surface area contributed by atoms with Crippen molar-refractivity contribution < 1.29 is 0 Å². The van der Waals surface area contributed by atoms with Crippen LogP contribution >= 0.6 is 36.6 Å². The monoisotopic (exact) mass is 192 g/mol. The fourth-order valence-corrected chi connectivity index (χ4v) is 1.90. The second kappa shape index (κ2) is 6.25. The van der Waals surface area contributed by atoms with E-state index in [1.807, 2.05) is 13.0 Å². The van der Waals surface area contributed by atoms with Gasteiger partial charge in [0.1, 0.15) is 0 Å². The summed E-state index contributed by atoms with van der Waals surface area (Å²) < 4.78 is 0. The van der Waals surface area contributed by atoms with Crippen molar-refractivity contribution in [1.29, 1.82) is 0 Å². The zero-order valence-electron chi connectivity index (χ0n) is 6.26. The van der Waals surface area contributed by atoms with Crippen LogP contribution < -0.4 is 0 Å². The normalized spacial score (nSPS) is 11.7. The lowest BCUT2D eigenvalue weighted by molar-refractivity contribution is 1.20. The molecule has 0 aliphatic carbocycles. The number of thiocarbonyl (C=S) groups is 1. The van der Waals surface area contributed by atoms with E-state index in [4.69, 9.17) is 12.2 Å². The highest BCUT2D eigenvalue weighted by Gasteiger charge is 1.92. The van der Waals surface area contributed by atoms with Crippen molar-refractivity contribution in [2.45, 2.75) is 20.3 Å². The molecule has 0 aromatic heterocycles. The van der Waals surface area contributed by atoms with Gasteiger partial charge in [0.25, 0.3) is 0 Å². The van der Waals surface area contributed by atoms with E-state index in [9.17, 15) is 0 Å². The first-order valence-electron chi connectivity index (χ1n) is 3.15. The first-order chi connectivity index (χ1) is 4.70. The van der Waals surface area contributed by atoms with Crippen molar-refractivity contribution in [3.05, 3.63) is 11.0 Å². The molecular weight excluding hydrogens is 180 g/mol. The average molecular weight is 192 g/mol. The van der Waals surface area contributed by atoms with Crippen molar-refractivity contribution in [3.8, 4) is 0 Å². The van der Waals surface area contributed by atoms with Crippen molar-refractivity contribution in [1.82, 2.24) is 0 Å². The molecule has 0 bridgehead atoms. The topological polar surface area (TPSA) is 0 Å². The maximum atomic E-state index is 4.94. The van der Waals surface area contributed by atoms with Crippen LogP contribution in [0.5, 0.6) is 0 Å². The van der Waals surface area contributed by atoms with Gasteiger partial charge in [-0.05, 0) is 24.3 Å². The summed E-state index contributed by atoms with van der Waals surface area (Å²) in [6.07, 6.45) is 3.09. The van der Waals surface area contributed by atoms with Gasteiger partial charge in [0, 0.05) is 9.95 Å². The molecule has 0 aliphatic rings. The number of thioether (sulfide) groups is 1. The second-order valence-electron chi connectivity index (χ2n) is 1.85. The van der Waals surface area contributed by atoms with Crippen molar-refractivity contribution in [3.63, 3.8) is 0 Å². The van der Waals surface area contributed by atoms with Crippen LogP contribution in [0.15, 0.2) is 11.0 Å². The van der Waals surface area contributed by atoms with Gasteiger partial charge in [0.2, 0.25) is 0 Å². The highest BCUT2D eigenvalue weighted by molar-refractivity contribution is 8.12. The number of allylic oxidation sites excluding steroid dienone is 2. The Balaban J connectivity index is 3.91. The van der Waals surface area contributed by atoms with E-state index in [0.717, 1.165) is 16.4 Å². The molecule has 10 heavy (non-hydrogen) atoms. The minimum Gasteiger partial charge on any atom is -0.168 e. The molecule has 58 valence electrons. The molecule has 0 radical (unpaired) electrons. The zero-order chi connectivity index (χ0) is 7.98. The Hall–Kier alpha value is 0.530. The van der Waals surface area contributed by atoms with Gasteiger partial charge in [-0.1, -0.05) is 19.1 Å². The lowest BCUT2D eigenvalue weighted by Gasteiger charge is -1.99. The molecule has 0 saturated carbocycles. The predicted molar refractivity (Wildman–Crippen MR) is 58.1 cm³/mol. The molecule has 0 unspecified atom stereocenters. The molecule has 0 atom stereocenters. The minimum absolute atomic E-state index is 0.836. The highest BCUT2D eigenvalue weighted by atomic mass is 32.2. The van der Waals surface area contributed by atoms with Crippen LogP contribution in [0.1, 0.15) is 20.3 Å². The van der Waals surface area contributed by atoms with Crippen molar-refractivity contribution in [2.75, 3.05) is 5.08 Å². The van der Waals surface area contributed by atoms with Crippen LogP contribution in [0.25, 0.3) is 0 Å². The van der Waals surface area contributed by atoms with E-state index >= 15 is 0 Å². The quantitative estimate of drug-likeness (QED) is 0.314. The van der Waals surface area contributed by atoms with E-state index < -0.39 is 0 Å². The molecule has 0 heterocycles. The Morgan fingerprint density at radius 3 is 2.60 bits per heavy atom. The Morgan fingerprint density at radius 2 is 2.30 bits per heavy atom. The van der Waals surface area contributed by atoms with Gasteiger partial charge >= 0.3 is 0 Å². The Labute approximate surface area is 77.9 Å². The van der Waals surface area contributed by atoms with E-state index in [1.54, 1.807) is 11.8 Å². The van der Waals surface area contributed by atoms with Crippen LogP contribution in [0.3, 0.4) is 0 Å². The summed E-state index contributed by atoms with van der Waals surface area (Å²) in [5, 5.41) is 0.836. The van der Waals surface area contributed by atoms with Gasteiger partial charge in [0.05, 0.1) is 0 Å². The van der Waals surface area contributed by atoms with Crippen molar-refractivity contribution in [2.24, 2.45) is 0 Å². The number of rotatable bonds is 4. The Kier molecular flexibility index (Phi) is 6.59. The van der Waals surface area contributed by atoms with Crippen LogP contribution in [0.2, 0.25) is 0 Å². The van der Waals surface area contributed by atoms with E-state index in [1.165, 1.54) is 4.91 Å². The molecule has 0 aromatic carbocycles. The second-order valence-corrected chi connectivity index (χ2v) is 4.34. The number of thiol groups is 1. The van der Waals surface area contributed by atoms with E-state index in [2.05, 4.69) is 19.6 Å². The summed E-state index contributed by atoms with van der Waals surface area (Å²) in [5.41, 5.74) is 0. The summed E-state index contributed by atoms with van der Waals surface area (Å²) in [4.78, 5) is 2.27. The predicted octanol–water partition coefficient (Wildman–Crippen LogP) is 3.29. The smallest absolute Gasteiger partial charge is 0.0406 e. The molecular formula is C7H12S3. The fourth-order valence-electron chi connectivity index (χ4n) is 0.555. The Bertz CT molecular complexity index is 138. The molecule has 0 fully saturated rings. The van der Waals surface area contributed by atoms with Crippen molar-refractivity contribution >= 4 is 41.5 Å². The molecule has 0 amide bonds. The lowest BCUT2D eigenvalue weighted by Crippen LogP contribution is -1.81. The van der Waals surface area contributed by atoms with E-state index in [-0.39, 0.29) is 0 Å². The number of hydrogen-bond donors (Lipinski definition) is 1. The van der Waals surface area contributed by atoms with Crippen LogP contribution in [-0.4, -0.2) is 9.95 Å². The third-order valence-corrected chi connectivity index (χ3v) is 2.37. The first kappa shape index (κ1) is 10.5. The molecule has 0 aromatic rings. The standard InChI is InChI=1S/C7H12S3/c1-3-7(10-5-8)4-6(2)9/h4,8H,3,5H2,1-2H3/b7-4-. The fraction of sp³-hybridized carbons (Fsp3) is 0.571. The third-order valence-electron chi connectivity index (χ3n) is 0.963. The molecule has 0 spiro atoms. The molecule has 0 N–H and O–H groups in total.